The standard InChI is InChI=1S/C27H45NO4/c1-15-24-22(32-27(15)23(31)10-16(14-29)13-28-27)12-21-19-5-4-17-11-18(30)6-8-25(17,2)20(19)7-9-26(21,24)3/h15-24,28-31H,4-14H2,1-3H3/t15-,16-,17-,18-,19+,20-,21-,22-,23+,24-,25-,26-,27+/m0/s1. The van der Waals surface area contributed by atoms with Crippen molar-refractivity contribution in [3.8, 4) is 0 Å². The van der Waals surface area contributed by atoms with Gasteiger partial charge in [0.25, 0.3) is 0 Å². The van der Waals surface area contributed by atoms with Gasteiger partial charge in [0.15, 0.2) is 0 Å². The molecule has 182 valence electrons. The summed E-state index contributed by atoms with van der Waals surface area (Å²) < 4.78 is 6.84. The third kappa shape index (κ3) is 2.81. The molecule has 5 nitrogen and oxygen atoms in total. The topological polar surface area (TPSA) is 82.0 Å². The summed E-state index contributed by atoms with van der Waals surface area (Å²) in [5, 5.41) is 34.6. The second-order valence-electron chi connectivity index (χ2n) is 13.3. The molecule has 2 saturated heterocycles. The van der Waals surface area contributed by atoms with Crippen molar-refractivity contribution >= 4 is 0 Å². The van der Waals surface area contributed by atoms with Crippen LogP contribution in [-0.4, -0.2) is 52.5 Å². The summed E-state index contributed by atoms with van der Waals surface area (Å²) in [5.74, 6) is 3.94. The number of nitrogens with one attached hydrogen (secondary N) is 1. The van der Waals surface area contributed by atoms with Gasteiger partial charge in [0, 0.05) is 19.1 Å². The third-order valence-electron chi connectivity index (χ3n) is 12.3. The zero-order valence-corrected chi connectivity index (χ0v) is 20.3. The molecule has 6 rings (SSSR count). The third-order valence-corrected chi connectivity index (χ3v) is 12.3. The number of rotatable bonds is 1. The Morgan fingerprint density at radius 1 is 0.938 bits per heavy atom. The summed E-state index contributed by atoms with van der Waals surface area (Å²) in [4.78, 5) is 0. The van der Waals surface area contributed by atoms with Gasteiger partial charge >= 0.3 is 0 Å². The van der Waals surface area contributed by atoms with Crippen LogP contribution >= 0.6 is 0 Å². The van der Waals surface area contributed by atoms with Crippen LogP contribution in [-0.2, 0) is 4.74 Å². The molecule has 2 heterocycles. The summed E-state index contributed by atoms with van der Waals surface area (Å²) in [6.45, 7) is 8.30. The van der Waals surface area contributed by atoms with Crippen LogP contribution in [0.2, 0.25) is 0 Å². The average Bonchev–Trinajstić information content (AvgIpc) is 3.22. The van der Waals surface area contributed by atoms with Gasteiger partial charge in [-0.15, -0.1) is 0 Å². The van der Waals surface area contributed by atoms with Crippen LogP contribution in [0, 0.1) is 52.3 Å². The normalized spacial score (nSPS) is 61.7. The SMILES string of the molecule is C[C@H]1[C@H]2[C@H](C[C@H]3[C@@H]4CC[C@H]5C[C@@H](O)CC[C@]5(C)[C@H]4CC[C@]23C)O[C@]12NC[C@@H](CO)C[C@H]2O. The molecule has 13 atom stereocenters. The van der Waals surface area contributed by atoms with Crippen LogP contribution in [0.1, 0.15) is 78.6 Å². The number of ether oxygens (including phenoxy) is 1. The molecule has 4 aliphatic carbocycles. The molecule has 0 unspecified atom stereocenters. The lowest BCUT2D eigenvalue weighted by molar-refractivity contribution is -0.183. The molecule has 5 heteroatoms. The summed E-state index contributed by atoms with van der Waals surface area (Å²) in [6, 6.07) is 0. The fraction of sp³-hybridized carbons (Fsp3) is 1.00. The Hall–Kier alpha value is -0.200. The number of hydrogen-bond donors (Lipinski definition) is 4. The van der Waals surface area contributed by atoms with E-state index in [2.05, 4.69) is 26.1 Å². The van der Waals surface area contributed by atoms with E-state index in [1.54, 1.807) is 0 Å². The number of piperidine rings is 1. The fourth-order valence-electron chi connectivity index (χ4n) is 10.6. The van der Waals surface area contributed by atoms with Crippen molar-refractivity contribution < 1.29 is 20.1 Å². The Kier molecular flexibility index (Phi) is 5.15. The van der Waals surface area contributed by atoms with Crippen molar-refractivity contribution in [3.05, 3.63) is 0 Å². The maximum atomic E-state index is 11.1. The smallest absolute Gasteiger partial charge is 0.148 e. The minimum atomic E-state index is -0.630. The molecule has 4 N–H and O–H groups in total. The van der Waals surface area contributed by atoms with Gasteiger partial charge in [-0.3, -0.25) is 5.32 Å². The first-order chi connectivity index (χ1) is 15.2. The highest BCUT2D eigenvalue weighted by Crippen LogP contribution is 2.71. The molecule has 6 fully saturated rings. The van der Waals surface area contributed by atoms with Crippen molar-refractivity contribution in [2.24, 2.45) is 52.3 Å². The molecule has 0 aromatic heterocycles. The molecule has 0 bridgehead atoms. The number of aliphatic hydroxyl groups is 3. The largest absolute Gasteiger partial charge is 0.396 e. The van der Waals surface area contributed by atoms with Crippen LogP contribution < -0.4 is 5.32 Å². The van der Waals surface area contributed by atoms with Gasteiger partial charge in [-0.25, -0.2) is 0 Å². The summed E-state index contributed by atoms with van der Waals surface area (Å²) in [7, 11) is 0. The van der Waals surface area contributed by atoms with E-state index in [1.807, 2.05) is 0 Å². The number of fused-ring (bicyclic) bond motifs is 7. The Morgan fingerprint density at radius 3 is 2.47 bits per heavy atom. The lowest BCUT2D eigenvalue weighted by Crippen LogP contribution is -2.64. The Labute approximate surface area is 193 Å². The lowest BCUT2D eigenvalue weighted by atomic mass is 9.44. The van der Waals surface area contributed by atoms with E-state index >= 15 is 0 Å². The van der Waals surface area contributed by atoms with E-state index in [9.17, 15) is 15.3 Å². The Bertz CT molecular complexity index is 747. The molecule has 0 aromatic rings. The molecular weight excluding hydrogens is 402 g/mol. The van der Waals surface area contributed by atoms with Crippen molar-refractivity contribution in [2.75, 3.05) is 13.2 Å². The zero-order chi connectivity index (χ0) is 22.5. The summed E-state index contributed by atoms with van der Waals surface area (Å²) in [6.07, 6.45) is 9.84. The average molecular weight is 448 g/mol. The molecule has 1 spiro atoms. The highest BCUT2D eigenvalue weighted by molar-refractivity contribution is 5.17. The molecule has 4 saturated carbocycles. The first-order valence-electron chi connectivity index (χ1n) is 13.6. The van der Waals surface area contributed by atoms with Gasteiger partial charge < -0.3 is 20.1 Å². The number of aliphatic hydroxyl groups excluding tert-OH is 3. The van der Waals surface area contributed by atoms with Gasteiger partial charge in [0.1, 0.15) is 5.72 Å². The van der Waals surface area contributed by atoms with E-state index in [0.717, 1.165) is 43.6 Å². The first-order valence-corrected chi connectivity index (χ1v) is 13.6. The molecule has 0 radical (unpaired) electrons. The van der Waals surface area contributed by atoms with Gasteiger partial charge in [0.2, 0.25) is 0 Å². The van der Waals surface area contributed by atoms with E-state index in [-0.39, 0.29) is 30.7 Å². The van der Waals surface area contributed by atoms with Crippen LogP contribution in [0.15, 0.2) is 0 Å². The molecule has 6 aliphatic rings. The fourth-order valence-corrected chi connectivity index (χ4v) is 10.6. The van der Waals surface area contributed by atoms with Crippen molar-refractivity contribution in [3.63, 3.8) is 0 Å². The van der Waals surface area contributed by atoms with E-state index in [0.29, 0.717) is 29.1 Å². The lowest BCUT2D eigenvalue weighted by Gasteiger charge is -2.61. The van der Waals surface area contributed by atoms with Gasteiger partial charge in [0.05, 0.1) is 18.3 Å². The van der Waals surface area contributed by atoms with Gasteiger partial charge in [-0.05, 0) is 104 Å². The Morgan fingerprint density at radius 2 is 1.72 bits per heavy atom. The molecule has 32 heavy (non-hydrogen) atoms. The van der Waals surface area contributed by atoms with Crippen LogP contribution in [0.3, 0.4) is 0 Å². The minimum absolute atomic E-state index is 0.0744. The monoisotopic (exact) mass is 447 g/mol. The predicted octanol–water partition coefficient (Wildman–Crippen LogP) is 3.31. The van der Waals surface area contributed by atoms with Crippen LogP contribution in [0.25, 0.3) is 0 Å². The van der Waals surface area contributed by atoms with Crippen molar-refractivity contribution in [1.29, 1.82) is 0 Å². The quantitative estimate of drug-likeness (QED) is 0.496. The van der Waals surface area contributed by atoms with Crippen molar-refractivity contribution in [2.45, 2.75) is 103 Å². The van der Waals surface area contributed by atoms with E-state index < -0.39 is 11.8 Å². The Balaban J connectivity index is 1.25. The maximum absolute atomic E-state index is 11.1. The van der Waals surface area contributed by atoms with Gasteiger partial charge in [-0.1, -0.05) is 20.8 Å². The maximum Gasteiger partial charge on any atom is 0.148 e. The van der Waals surface area contributed by atoms with Gasteiger partial charge in [-0.2, -0.15) is 0 Å². The number of hydrogen-bond acceptors (Lipinski definition) is 5. The molecule has 0 amide bonds. The summed E-state index contributed by atoms with van der Waals surface area (Å²) in [5.41, 5.74) is 0.0750. The first kappa shape index (κ1) is 22.3. The highest BCUT2D eigenvalue weighted by Gasteiger charge is 2.70. The molecule has 2 aliphatic heterocycles. The molecular formula is C27H45NO4. The molecule has 0 aromatic carbocycles. The predicted molar refractivity (Wildman–Crippen MR) is 123 cm³/mol. The van der Waals surface area contributed by atoms with Crippen molar-refractivity contribution in [1.82, 2.24) is 5.32 Å². The summed E-state index contributed by atoms with van der Waals surface area (Å²) >= 11 is 0. The van der Waals surface area contributed by atoms with E-state index in [4.69, 9.17) is 4.74 Å². The van der Waals surface area contributed by atoms with Crippen LogP contribution in [0.4, 0.5) is 0 Å². The minimum Gasteiger partial charge on any atom is -0.396 e. The van der Waals surface area contributed by atoms with E-state index in [1.165, 1.54) is 32.1 Å². The second kappa shape index (κ2) is 7.40. The zero-order valence-electron chi connectivity index (χ0n) is 20.3. The van der Waals surface area contributed by atoms with Crippen LogP contribution in [0.5, 0.6) is 0 Å². The second-order valence-corrected chi connectivity index (χ2v) is 13.3. The highest BCUT2D eigenvalue weighted by atomic mass is 16.5.